The highest BCUT2D eigenvalue weighted by atomic mass is 19.4. The van der Waals surface area contributed by atoms with E-state index in [1.54, 1.807) is 0 Å². The summed E-state index contributed by atoms with van der Waals surface area (Å²) in [7, 11) is 0. The van der Waals surface area contributed by atoms with E-state index in [-0.39, 0.29) is 11.5 Å². The van der Waals surface area contributed by atoms with Gasteiger partial charge < -0.3 is 11.1 Å². The smallest absolute Gasteiger partial charge is 0.404 e. The molecule has 80 valence electrons. The van der Waals surface area contributed by atoms with Crippen LogP contribution in [0.25, 0.3) is 0 Å². The Morgan fingerprint density at radius 1 is 1.50 bits per heavy atom. The number of halogens is 3. The highest BCUT2D eigenvalue weighted by Gasteiger charge is 2.39. The van der Waals surface area contributed by atoms with Crippen LogP contribution in [0, 0.1) is 11.3 Å². The average molecular weight is 207 g/mol. The van der Waals surface area contributed by atoms with Crippen LogP contribution in [-0.2, 0) is 0 Å². The molecule has 1 rings (SSSR count). The predicted molar refractivity (Wildman–Crippen MR) is 47.0 cm³/mol. The van der Waals surface area contributed by atoms with Crippen LogP contribution in [0.2, 0.25) is 0 Å². The van der Waals surface area contributed by atoms with Crippen molar-refractivity contribution >= 4 is 5.71 Å². The Hall–Kier alpha value is -1.04. The van der Waals surface area contributed by atoms with Crippen molar-refractivity contribution in [1.29, 1.82) is 5.41 Å². The summed E-state index contributed by atoms with van der Waals surface area (Å²) >= 11 is 0. The van der Waals surface area contributed by atoms with Crippen molar-refractivity contribution in [1.82, 2.24) is 5.32 Å². The van der Waals surface area contributed by atoms with Gasteiger partial charge in [0.15, 0.2) is 0 Å². The molecule has 14 heavy (non-hydrogen) atoms. The van der Waals surface area contributed by atoms with E-state index in [9.17, 15) is 13.2 Å². The number of nitrogens with one attached hydrogen (secondary N) is 2. The number of hydrogen-bond acceptors (Lipinski definition) is 3. The van der Waals surface area contributed by atoms with Gasteiger partial charge in [0.2, 0.25) is 0 Å². The SMILES string of the molecule is N=C(/C(=C\N)C1CCNC1)C(F)(F)F. The lowest BCUT2D eigenvalue weighted by molar-refractivity contribution is -0.0593. The number of rotatable bonds is 2. The molecule has 0 saturated carbocycles. The fourth-order valence-electron chi connectivity index (χ4n) is 1.51. The number of alkyl halides is 3. The van der Waals surface area contributed by atoms with Gasteiger partial charge in [0, 0.05) is 18.0 Å². The first-order valence-corrected chi connectivity index (χ1v) is 4.25. The Balaban J connectivity index is 2.77. The van der Waals surface area contributed by atoms with Crippen LogP contribution in [0.15, 0.2) is 11.8 Å². The summed E-state index contributed by atoms with van der Waals surface area (Å²) in [4.78, 5) is 0. The number of hydrogen-bond donors (Lipinski definition) is 3. The van der Waals surface area contributed by atoms with Crippen molar-refractivity contribution in [3.8, 4) is 0 Å². The second-order valence-corrected chi connectivity index (χ2v) is 3.18. The fraction of sp³-hybridized carbons (Fsp3) is 0.625. The Morgan fingerprint density at radius 2 is 2.14 bits per heavy atom. The van der Waals surface area contributed by atoms with Gasteiger partial charge in [-0.3, -0.25) is 5.41 Å². The summed E-state index contributed by atoms with van der Waals surface area (Å²) < 4.78 is 36.6. The van der Waals surface area contributed by atoms with Crippen LogP contribution >= 0.6 is 0 Å². The van der Waals surface area contributed by atoms with Gasteiger partial charge in [-0.2, -0.15) is 13.2 Å². The maximum atomic E-state index is 12.2. The monoisotopic (exact) mass is 207 g/mol. The molecule has 1 fully saturated rings. The second-order valence-electron chi connectivity index (χ2n) is 3.18. The molecule has 0 amide bonds. The summed E-state index contributed by atoms with van der Waals surface area (Å²) in [5.74, 6) is -0.283. The van der Waals surface area contributed by atoms with E-state index in [4.69, 9.17) is 11.1 Å². The first-order chi connectivity index (χ1) is 6.46. The molecule has 1 aliphatic rings. The second kappa shape index (κ2) is 4.00. The van der Waals surface area contributed by atoms with Crippen molar-refractivity contribution in [2.24, 2.45) is 11.7 Å². The van der Waals surface area contributed by atoms with Gasteiger partial charge in [-0.15, -0.1) is 0 Å². The molecule has 1 unspecified atom stereocenters. The zero-order chi connectivity index (χ0) is 10.8. The summed E-state index contributed by atoms with van der Waals surface area (Å²) in [6.45, 7) is 1.13. The van der Waals surface area contributed by atoms with Crippen molar-refractivity contribution in [3.63, 3.8) is 0 Å². The van der Waals surface area contributed by atoms with Gasteiger partial charge in [-0.1, -0.05) is 0 Å². The van der Waals surface area contributed by atoms with E-state index in [1.807, 2.05) is 0 Å². The van der Waals surface area contributed by atoms with Crippen molar-refractivity contribution < 1.29 is 13.2 Å². The highest BCUT2D eigenvalue weighted by Crippen LogP contribution is 2.27. The quantitative estimate of drug-likeness (QED) is 0.592. The van der Waals surface area contributed by atoms with E-state index in [1.165, 1.54) is 0 Å². The van der Waals surface area contributed by atoms with Crippen molar-refractivity contribution in [2.45, 2.75) is 12.6 Å². The number of nitrogens with two attached hydrogens (primary N) is 1. The summed E-state index contributed by atoms with van der Waals surface area (Å²) in [5.41, 5.74) is 3.69. The van der Waals surface area contributed by atoms with Gasteiger partial charge in [-0.05, 0) is 19.2 Å². The topological polar surface area (TPSA) is 61.9 Å². The Bertz CT molecular complexity index is 251. The Labute approximate surface area is 79.7 Å². The zero-order valence-electron chi connectivity index (χ0n) is 7.49. The summed E-state index contributed by atoms with van der Waals surface area (Å²) in [6.07, 6.45) is -3.11. The van der Waals surface area contributed by atoms with Crippen molar-refractivity contribution in [2.75, 3.05) is 13.1 Å². The summed E-state index contributed by atoms with van der Waals surface area (Å²) in [6, 6.07) is 0. The molecule has 0 spiro atoms. The lowest BCUT2D eigenvalue weighted by Crippen LogP contribution is -2.29. The van der Waals surface area contributed by atoms with E-state index in [0.29, 0.717) is 19.5 Å². The minimum Gasteiger partial charge on any atom is -0.404 e. The molecule has 0 aromatic heterocycles. The van der Waals surface area contributed by atoms with Crippen molar-refractivity contribution in [3.05, 3.63) is 11.8 Å². The minimum absolute atomic E-state index is 0.109. The van der Waals surface area contributed by atoms with Gasteiger partial charge in [0.05, 0.1) is 0 Å². The standard InChI is InChI=1S/C8H12F3N3/c9-8(10,11)7(13)6(3-12)5-1-2-14-4-5/h3,5,13-14H,1-2,4,12H2/b6-3-,13-7?. The van der Waals surface area contributed by atoms with Crippen LogP contribution in [-0.4, -0.2) is 25.0 Å². The molecule has 1 saturated heterocycles. The lowest BCUT2D eigenvalue weighted by atomic mass is 9.94. The molecule has 0 aliphatic carbocycles. The molecule has 0 aromatic carbocycles. The molecule has 6 heteroatoms. The normalized spacial score (nSPS) is 23.9. The molecule has 0 bridgehead atoms. The molecule has 1 heterocycles. The molecule has 3 nitrogen and oxygen atoms in total. The fourth-order valence-corrected chi connectivity index (χ4v) is 1.51. The third-order valence-electron chi connectivity index (χ3n) is 2.25. The van der Waals surface area contributed by atoms with E-state index in [0.717, 1.165) is 6.20 Å². The third-order valence-corrected chi connectivity index (χ3v) is 2.25. The predicted octanol–water partition coefficient (Wildman–Crippen LogP) is 1.02. The maximum absolute atomic E-state index is 12.2. The zero-order valence-corrected chi connectivity index (χ0v) is 7.49. The maximum Gasteiger partial charge on any atom is 0.432 e. The van der Waals surface area contributed by atoms with Crippen LogP contribution < -0.4 is 11.1 Å². The Morgan fingerprint density at radius 3 is 2.50 bits per heavy atom. The van der Waals surface area contributed by atoms with Gasteiger partial charge in [0.1, 0.15) is 5.71 Å². The van der Waals surface area contributed by atoms with Crippen LogP contribution in [0.5, 0.6) is 0 Å². The van der Waals surface area contributed by atoms with Gasteiger partial charge >= 0.3 is 6.18 Å². The molecule has 1 aliphatic heterocycles. The Kier molecular flexibility index (Phi) is 3.15. The van der Waals surface area contributed by atoms with Crippen LogP contribution in [0.3, 0.4) is 0 Å². The lowest BCUT2D eigenvalue weighted by Gasteiger charge is -2.16. The summed E-state index contributed by atoms with van der Waals surface area (Å²) in [5, 5.41) is 9.89. The van der Waals surface area contributed by atoms with E-state index in [2.05, 4.69) is 5.32 Å². The molecular formula is C8H12F3N3. The third kappa shape index (κ3) is 2.25. The first-order valence-electron chi connectivity index (χ1n) is 4.25. The van der Waals surface area contributed by atoms with Gasteiger partial charge in [0.25, 0.3) is 0 Å². The molecule has 4 N–H and O–H groups in total. The molecule has 1 atom stereocenters. The first kappa shape index (κ1) is 11.0. The minimum atomic E-state index is -4.60. The highest BCUT2D eigenvalue weighted by molar-refractivity contribution is 6.02. The average Bonchev–Trinajstić information content (AvgIpc) is 2.57. The van der Waals surface area contributed by atoms with E-state index < -0.39 is 11.9 Å². The van der Waals surface area contributed by atoms with Crippen LogP contribution in [0.4, 0.5) is 13.2 Å². The van der Waals surface area contributed by atoms with Gasteiger partial charge in [-0.25, -0.2) is 0 Å². The molecule has 0 aromatic rings. The molecule has 0 radical (unpaired) electrons. The largest absolute Gasteiger partial charge is 0.432 e. The van der Waals surface area contributed by atoms with E-state index >= 15 is 0 Å². The van der Waals surface area contributed by atoms with Crippen LogP contribution in [0.1, 0.15) is 6.42 Å². The molecular weight excluding hydrogens is 195 g/mol.